The number of esters is 2. The quantitative estimate of drug-likeness (QED) is 0.169. The largest absolute Gasteiger partial charge is 0.462 e. The van der Waals surface area contributed by atoms with Crippen LogP contribution in [0.1, 0.15) is 125 Å². The molecule has 0 aliphatic heterocycles. The number of carbonyl (C=O) groups excluding carboxylic acids is 2. The fourth-order valence-corrected chi connectivity index (χ4v) is 3.86. The van der Waals surface area contributed by atoms with Crippen molar-refractivity contribution in [2.45, 2.75) is 105 Å². The van der Waals surface area contributed by atoms with Crippen molar-refractivity contribution in [2.24, 2.45) is 11.8 Å². The van der Waals surface area contributed by atoms with Gasteiger partial charge in [0.15, 0.2) is 0 Å². The lowest BCUT2D eigenvalue weighted by Crippen LogP contribution is -2.16. The van der Waals surface area contributed by atoms with Crippen LogP contribution in [0.5, 0.6) is 0 Å². The molecule has 4 heteroatoms. The monoisotopic (exact) mass is 446 g/mol. The Morgan fingerprint density at radius 2 is 1.12 bits per heavy atom. The van der Waals surface area contributed by atoms with Crippen molar-refractivity contribution in [1.82, 2.24) is 0 Å². The normalized spacial score (nSPS) is 12.9. The molecule has 182 valence electrons. The molecular weight excluding hydrogens is 400 g/mol. The zero-order valence-corrected chi connectivity index (χ0v) is 21.0. The van der Waals surface area contributed by atoms with Gasteiger partial charge in [0, 0.05) is 0 Å². The van der Waals surface area contributed by atoms with E-state index in [0.29, 0.717) is 36.2 Å². The van der Waals surface area contributed by atoms with Crippen LogP contribution in [0.15, 0.2) is 24.3 Å². The summed E-state index contributed by atoms with van der Waals surface area (Å²) in [5.74, 6) is 0.0579. The highest BCUT2D eigenvalue weighted by Crippen LogP contribution is 2.18. The molecule has 0 spiro atoms. The first kappa shape index (κ1) is 28.2. The molecule has 0 radical (unpaired) electrons. The molecule has 0 N–H and O–H groups in total. The van der Waals surface area contributed by atoms with Crippen LogP contribution in [-0.4, -0.2) is 25.2 Å². The molecule has 0 bridgehead atoms. The van der Waals surface area contributed by atoms with Crippen LogP contribution in [0, 0.1) is 11.8 Å². The summed E-state index contributed by atoms with van der Waals surface area (Å²) in [5.41, 5.74) is 0.818. The second kappa shape index (κ2) is 17.7. The fraction of sp³-hybridized carbons (Fsp3) is 0.714. The van der Waals surface area contributed by atoms with Crippen LogP contribution in [0.25, 0.3) is 0 Å². The second-order valence-electron chi connectivity index (χ2n) is 9.02. The molecule has 0 saturated carbocycles. The van der Waals surface area contributed by atoms with E-state index in [9.17, 15) is 9.59 Å². The summed E-state index contributed by atoms with van der Waals surface area (Å²) in [4.78, 5) is 25.1. The van der Waals surface area contributed by atoms with E-state index >= 15 is 0 Å². The standard InChI is InChI=1S/C28H46O4/c1-5-9-11-13-16-23(7-3)21-31-27(29)25-18-15-19-26(20-25)28(30)32-22-24(8-4)17-14-12-10-6-2/h15,18-20,23-24H,5-14,16-17,21-22H2,1-4H3. The number of ether oxygens (including phenoxy) is 2. The van der Waals surface area contributed by atoms with E-state index < -0.39 is 0 Å². The molecule has 0 fully saturated rings. The Kier molecular flexibility index (Phi) is 15.6. The van der Waals surface area contributed by atoms with Crippen LogP contribution in [0.3, 0.4) is 0 Å². The van der Waals surface area contributed by atoms with Gasteiger partial charge in [0.25, 0.3) is 0 Å². The molecule has 0 aliphatic rings. The molecule has 1 rings (SSSR count). The Bertz CT molecular complexity index is 589. The summed E-state index contributed by atoms with van der Waals surface area (Å²) < 4.78 is 11.1. The van der Waals surface area contributed by atoms with Crippen molar-refractivity contribution >= 4 is 11.9 Å². The number of hydrogen-bond donors (Lipinski definition) is 0. The molecule has 4 nitrogen and oxygen atoms in total. The Hall–Kier alpha value is -1.84. The predicted octanol–water partition coefficient (Wildman–Crippen LogP) is 7.99. The van der Waals surface area contributed by atoms with Crippen molar-refractivity contribution in [2.75, 3.05) is 13.2 Å². The van der Waals surface area contributed by atoms with Crippen LogP contribution in [0.4, 0.5) is 0 Å². The van der Waals surface area contributed by atoms with Gasteiger partial charge < -0.3 is 9.47 Å². The topological polar surface area (TPSA) is 52.6 Å². The minimum Gasteiger partial charge on any atom is -0.462 e. The third-order valence-electron chi connectivity index (χ3n) is 6.32. The Morgan fingerprint density at radius 1 is 0.688 bits per heavy atom. The van der Waals surface area contributed by atoms with Gasteiger partial charge in [0.05, 0.1) is 24.3 Å². The summed E-state index contributed by atoms with van der Waals surface area (Å²) in [7, 11) is 0. The summed E-state index contributed by atoms with van der Waals surface area (Å²) in [6.07, 6.45) is 14.0. The van der Waals surface area contributed by atoms with Gasteiger partial charge in [0.2, 0.25) is 0 Å². The number of hydrogen-bond acceptors (Lipinski definition) is 4. The van der Waals surface area contributed by atoms with Crippen LogP contribution < -0.4 is 0 Å². The van der Waals surface area contributed by atoms with Gasteiger partial charge in [-0.05, 0) is 42.9 Å². The summed E-state index contributed by atoms with van der Waals surface area (Å²) >= 11 is 0. The first-order valence-corrected chi connectivity index (χ1v) is 13.0. The minimum absolute atomic E-state index is 0.367. The third kappa shape index (κ3) is 11.7. The molecule has 0 heterocycles. The predicted molar refractivity (Wildman–Crippen MR) is 132 cm³/mol. The molecule has 1 aromatic rings. The lowest BCUT2D eigenvalue weighted by Gasteiger charge is -2.16. The van der Waals surface area contributed by atoms with Crippen LogP contribution in [0.2, 0.25) is 0 Å². The maximum atomic E-state index is 12.5. The van der Waals surface area contributed by atoms with E-state index in [1.807, 2.05) is 0 Å². The van der Waals surface area contributed by atoms with Crippen LogP contribution in [-0.2, 0) is 9.47 Å². The first-order valence-electron chi connectivity index (χ1n) is 13.0. The molecule has 0 saturated heterocycles. The Labute approximate surface area is 196 Å². The van der Waals surface area contributed by atoms with Gasteiger partial charge in [-0.15, -0.1) is 0 Å². The fourth-order valence-electron chi connectivity index (χ4n) is 3.86. The molecule has 0 aromatic heterocycles. The van der Waals surface area contributed by atoms with Crippen LogP contribution >= 0.6 is 0 Å². The van der Waals surface area contributed by atoms with Gasteiger partial charge in [-0.25, -0.2) is 9.59 Å². The molecule has 0 aliphatic carbocycles. The van der Waals surface area contributed by atoms with E-state index in [1.54, 1.807) is 24.3 Å². The third-order valence-corrected chi connectivity index (χ3v) is 6.32. The maximum absolute atomic E-state index is 12.5. The molecule has 2 atom stereocenters. The lowest BCUT2D eigenvalue weighted by molar-refractivity contribution is 0.0425. The zero-order valence-electron chi connectivity index (χ0n) is 21.0. The van der Waals surface area contributed by atoms with E-state index in [4.69, 9.17) is 9.47 Å². The summed E-state index contributed by atoms with van der Waals surface area (Å²) in [6, 6.07) is 6.71. The molecule has 1 aromatic carbocycles. The van der Waals surface area contributed by atoms with Crippen molar-refractivity contribution in [3.63, 3.8) is 0 Å². The van der Waals surface area contributed by atoms with Crippen molar-refractivity contribution in [3.8, 4) is 0 Å². The van der Waals surface area contributed by atoms with Gasteiger partial charge >= 0.3 is 11.9 Å². The Morgan fingerprint density at radius 3 is 1.50 bits per heavy atom. The number of rotatable bonds is 18. The van der Waals surface area contributed by atoms with Gasteiger partial charge in [0.1, 0.15) is 0 Å². The maximum Gasteiger partial charge on any atom is 0.338 e. The van der Waals surface area contributed by atoms with Crippen molar-refractivity contribution in [3.05, 3.63) is 35.4 Å². The average Bonchev–Trinajstić information content (AvgIpc) is 2.82. The number of unbranched alkanes of at least 4 members (excludes halogenated alkanes) is 6. The molecule has 32 heavy (non-hydrogen) atoms. The molecular formula is C28H46O4. The van der Waals surface area contributed by atoms with Gasteiger partial charge in [-0.3, -0.25) is 0 Å². The van der Waals surface area contributed by atoms with E-state index in [2.05, 4.69) is 27.7 Å². The van der Waals surface area contributed by atoms with E-state index in [-0.39, 0.29) is 11.9 Å². The van der Waals surface area contributed by atoms with E-state index in [1.165, 1.54) is 51.4 Å². The van der Waals surface area contributed by atoms with E-state index in [0.717, 1.165) is 25.7 Å². The highest BCUT2D eigenvalue weighted by molar-refractivity contribution is 5.95. The number of benzene rings is 1. The SMILES string of the molecule is CCCCCCC(CC)COC(=O)c1cccc(C(=O)OCC(CC)CCCCCC)c1. The van der Waals surface area contributed by atoms with Crippen molar-refractivity contribution in [1.29, 1.82) is 0 Å². The highest BCUT2D eigenvalue weighted by Gasteiger charge is 2.16. The summed E-state index contributed by atoms with van der Waals surface area (Å²) in [6.45, 7) is 9.57. The lowest BCUT2D eigenvalue weighted by atomic mass is 9.99. The highest BCUT2D eigenvalue weighted by atomic mass is 16.5. The smallest absolute Gasteiger partial charge is 0.338 e. The van der Waals surface area contributed by atoms with Gasteiger partial charge in [-0.1, -0.05) is 98.0 Å². The molecule has 0 amide bonds. The average molecular weight is 447 g/mol. The summed E-state index contributed by atoms with van der Waals surface area (Å²) in [5, 5.41) is 0. The number of carbonyl (C=O) groups is 2. The minimum atomic E-state index is -0.367. The molecule has 2 unspecified atom stereocenters. The Balaban J connectivity index is 2.51. The second-order valence-corrected chi connectivity index (χ2v) is 9.02. The van der Waals surface area contributed by atoms with Crippen molar-refractivity contribution < 1.29 is 19.1 Å². The first-order chi connectivity index (χ1) is 15.5. The zero-order chi connectivity index (χ0) is 23.6. The van der Waals surface area contributed by atoms with Gasteiger partial charge in [-0.2, -0.15) is 0 Å².